The van der Waals surface area contributed by atoms with Crippen LogP contribution in [0.2, 0.25) is 0 Å². The van der Waals surface area contributed by atoms with Crippen molar-refractivity contribution in [2.24, 2.45) is 0 Å². The molecule has 0 bridgehead atoms. The summed E-state index contributed by atoms with van der Waals surface area (Å²) in [5, 5.41) is 9.10. The predicted octanol–water partition coefficient (Wildman–Crippen LogP) is 2.90. The number of carboxylic acid groups (broad SMARTS) is 1. The lowest BCUT2D eigenvalue weighted by Gasteiger charge is -1.98. The van der Waals surface area contributed by atoms with Gasteiger partial charge in [0.2, 0.25) is 0 Å². The molecule has 0 aliphatic carbocycles. The van der Waals surface area contributed by atoms with Gasteiger partial charge in [0.15, 0.2) is 0 Å². The summed E-state index contributed by atoms with van der Waals surface area (Å²) < 4.78 is 4.88. The fourth-order valence-electron chi connectivity index (χ4n) is 1.40. The molecule has 3 heteroatoms. The highest BCUT2D eigenvalue weighted by Gasteiger charge is 2.11. The highest BCUT2D eigenvalue weighted by molar-refractivity contribution is 6.20. The number of aliphatic carboxylic acids is 1. The predicted molar refractivity (Wildman–Crippen MR) is 60.7 cm³/mol. The summed E-state index contributed by atoms with van der Waals surface area (Å²) >= 11 is 0. The molecule has 0 saturated heterocycles. The largest absolute Gasteiger partial charge is 0.478 e. The minimum Gasteiger partial charge on any atom is -0.478 e. The molecule has 1 heterocycles. The third kappa shape index (κ3) is 2.20. The van der Waals surface area contributed by atoms with Gasteiger partial charge in [0.05, 0.1) is 18.1 Å². The summed E-state index contributed by atoms with van der Waals surface area (Å²) in [5.41, 5.74) is 1.64. The normalized spacial score (nSPS) is 11.4. The van der Waals surface area contributed by atoms with E-state index in [-0.39, 0.29) is 5.57 Å². The maximum Gasteiger partial charge on any atom is 0.336 e. The van der Waals surface area contributed by atoms with Gasteiger partial charge >= 0.3 is 5.97 Å². The molecule has 0 saturated carbocycles. The van der Waals surface area contributed by atoms with E-state index < -0.39 is 5.97 Å². The Labute approximate surface area is 92.6 Å². The molecule has 0 unspecified atom stereocenters. The lowest BCUT2D eigenvalue weighted by atomic mass is 10.1. The smallest absolute Gasteiger partial charge is 0.336 e. The Kier molecular flexibility index (Phi) is 2.87. The molecule has 80 valence electrons. The fraction of sp³-hybridized carbons (Fsp3) is 0. The maximum atomic E-state index is 11.1. The molecular formula is C13H10O3. The molecule has 0 spiro atoms. The van der Waals surface area contributed by atoms with E-state index in [1.165, 1.54) is 12.5 Å². The van der Waals surface area contributed by atoms with E-state index in [0.29, 0.717) is 5.56 Å². The summed E-state index contributed by atoms with van der Waals surface area (Å²) in [6.45, 7) is 0. The van der Waals surface area contributed by atoms with E-state index in [0.717, 1.165) is 5.56 Å². The Morgan fingerprint density at radius 3 is 2.50 bits per heavy atom. The molecule has 16 heavy (non-hydrogen) atoms. The van der Waals surface area contributed by atoms with Crippen molar-refractivity contribution in [2.45, 2.75) is 0 Å². The van der Waals surface area contributed by atoms with Gasteiger partial charge < -0.3 is 9.52 Å². The number of carbonyl (C=O) groups is 1. The number of hydrogen-bond donors (Lipinski definition) is 1. The second kappa shape index (κ2) is 4.49. The van der Waals surface area contributed by atoms with Crippen molar-refractivity contribution in [2.75, 3.05) is 0 Å². The van der Waals surface area contributed by atoms with Crippen molar-refractivity contribution in [3.05, 3.63) is 60.1 Å². The van der Waals surface area contributed by atoms with Crippen molar-refractivity contribution in [1.82, 2.24) is 0 Å². The third-order valence-corrected chi connectivity index (χ3v) is 2.17. The molecular weight excluding hydrogens is 204 g/mol. The van der Waals surface area contributed by atoms with Crippen molar-refractivity contribution in [3.8, 4) is 0 Å². The molecule has 0 fully saturated rings. The van der Waals surface area contributed by atoms with E-state index in [4.69, 9.17) is 9.52 Å². The average Bonchev–Trinajstić information content (AvgIpc) is 2.80. The van der Waals surface area contributed by atoms with Gasteiger partial charge in [0.1, 0.15) is 0 Å². The highest BCUT2D eigenvalue weighted by atomic mass is 16.4. The lowest BCUT2D eigenvalue weighted by Crippen LogP contribution is -1.98. The van der Waals surface area contributed by atoms with Crippen LogP contribution in [0.4, 0.5) is 0 Å². The molecule has 1 N–H and O–H groups in total. The van der Waals surface area contributed by atoms with Crippen LogP contribution in [0.15, 0.2) is 53.3 Å². The van der Waals surface area contributed by atoms with Crippen LogP contribution in [0, 0.1) is 0 Å². The highest BCUT2D eigenvalue weighted by Crippen LogP contribution is 2.18. The van der Waals surface area contributed by atoms with Crippen molar-refractivity contribution < 1.29 is 14.3 Å². The molecule has 0 atom stereocenters. The van der Waals surface area contributed by atoms with E-state index in [1.54, 1.807) is 12.1 Å². The van der Waals surface area contributed by atoms with Gasteiger partial charge in [0.25, 0.3) is 0 Å². The zero-order valence-electron chi connectivity index (χ0n) is 8.46. The zero-order chi connectivity index (χ0) is 11.4. The standard InChI is InChI=1S/C13H10O3/c14-13(15)12(11-6-7-16-9-11)8-10-4-2-1-3-5-10/h1-9H,(H,14,15)/b12-8-. The van der Waals surface area contributed by atoms with Gasteiger partial charge in [0, 0.05) is 5.56 Å². The van der Waals surface area contributed by atoms with Gasteiger partial charge in [-0.25, -0.2) is 4.79 Å². The molecule has 3 nitrogen and oxygen atoms in total. The van der Waals surface area contributed by atoms with E-state index in [1.807, 2.05) is 30.3 Å². The first kappa shape index (κ1) is 10.2. The van der Waals surface area contributed by atoms with Gasteiger partial charge in [-0.15, -0.1) is 0 Å². The van der Waals surface area contributed by atoms with Crippen LogP contribution in [-0.4, -0.2) is 11.1 Å². The van der Waals surface area contributed by atoms with Crippen LogP contribution in [0.5, 0.6) is 0 Å². The van der Waals surface area contributed by atoms with Gasteiger partial charge in [-0.05, 0) is 17.7 Å². The van der Waals surface area contributed by atoms with E-state index >= 15 is 0 Å². The van der Waals surface area contributed by atoms with Crippen LogP contribution in [0.3, 0.4) is 0 Å². The second-order valence-electron chi connectivity index (χ2n) is 3.29. The van der Waals surface area contributed by atoms with Crippen LogP contribution in [0.25, 0.3) is 11.6 Å². The Hall–Kier alpha value is -2.29. The van der Waals surface area contributed by atoms with Gasteiger partial charge in [-0.3, -0.25) is 0 Å². The minimum absolute atomic E-state index is 0.222. The minimum atomic E-state index is -0.967. The van der Waals surface area contributed by atoms with Crippen LogP contribution >= 0.6 is 0 Å². The summed E-state index contributed by atoms with van der Waals surface area (Å²) in [4.78, 5) is 11.1. The average molecular weight is 214 g/mol. The second-order valence-corrected chi connectivity index (χ2v) is 3.29. The molecule has 2 aromatic rings. The molecule has 1 aromatic heterocycles. The van der Waals surface area contributed by atoms with Crippen molar-refractivity contribution in [3.63, 3.8) is 0 Å². The monoisotopic (exact) mass is 214 g/mol. The van der Waals surface area contributed by atoms with E-state index in [2.05, 4.69) is 0 Å². The van der Waals surface area contributed by atoms with Gasteiger partial charge in [-0.1, -0.05) is 30.3 Å². The molecule has 0 aliphatic rings. The zero-order valence-corrected chi connectivity index (χ0v) is 8.46. The first-order valence-electron chi connectivity index (χ1n) is 4.80. The Bertz CT molecular complexity index is 495. The summed E-state index contributed by atoms with van der Waals surface area (Å²) in [7, 11) is 0. The number of carboxylic acids is 1. The third-order valence-electron chi connectivity index (χ3n) is 2.17. The summed E-state index contributed by atoms with van der Waals surface area (Å²) in [5.74, 6) is -0.967. The molecule has 0 aliphatic heterocycles. The first-order valence-corrected chi connectivity index (χ1v) is 4.80. The Balaban J connectivity index is 2.42. The Morgan fingerprint density at radius 2 is 1.94 bits per heavy atom. The molecule has 0 radical (unpaired) electrons. The summed E-state index contributed by atoms with van der Waals surface area (Å²) in [6.07, 6.45) is 4.49. The van der Waals surface area contributed by atoms with Crippen molar-refractivity contribution in [1.29, 1.82) is 0 Å². The number of rotatable bonds is 3. The number of hydrogen-bond acceptors (Lipinski definition) is 2. The molecule has 1 aromatic carbocycles. The first-order chi connectivity index (χ1) is 7.77. The van der Waals surface area contributed by atoms with Gasteiger partial charge in [-0.2, -0.15) is 0 Å². The number of furan rings is 1. The number of benzene rings is 1. The Morgan fingerprint density at radius 1 is 1.19 bits per heavy atom. The maximum absolute atomic E-state index is 11.1. The lowest BCUT2D eigenvalue weighted by molar-refractivity contribution is -0.130. The fourth-order valence-corrected chi connectivity index (χ4v) is 1.40. The SMILES string of the molecule is O=C(O)/C(=C\c1ccccc1)c1ccoc1. The van der Waals surface area contributed by atoms with E-state index in [9.17, 15) is 4.79 Å². The molecule has 2 rings (SSSR count). The van der Waals surface area contributed by atoms with Crippen molar-refractivity contribution >= 4 is 17.6 Å². The van der Waals surface area contributed by atoms with Crippen LogP contribution < -0.4 is 0 Å². The quantitative estimate of drug-likeness (QED) is 0.799. The summed E-state index contributed by atoms with van der Waals surface area (Å²) in [6, 6.07) is 10.9. The molecule has 0 amide bonds. The van der Waals surface area contributed by atoms with Crippen LogP contribution in [0.1, 0.15) is 11.1 Å². The topological polar surface area (TPSA) is 50.4 Å². The van der Waals surface area contributed by atoms with Crippen LogP contribution in [-0.2, 0) is 4.79 Å².